The summed E-state index contributed by atoms with van der Waals surface area (Å²) in [7, 11) is 0. The number of amides is 2. The molecular weight excluding hydrogens is 420 g/mol. The molecule has 1 aromatic heterocycles. The van der Waals surface area contributed by atoms with Crippen LogP contribution in [0.4, 0.5) is 14.5 Å². The first-order chi connectivity index (χ1) is 15.0. The van der Waals surface area contributed by atoms with E-state index in [-0.39, 0.29) is 24.4 Å². The molecule has 8 heteroatoms. The normalized spacial score (nSPS) is 10.5. The van der Waals surface area contributed by atoms with Gasteiger partial charge in [0.2, 0.25) is 5.91 Å². The molecule has 0 saturated heterocycles. The number of thioether (sulfide) groups is 1. The van der Waals surface area contributed by atoms with Crippen molar-refractivity contribution >= 4 is 29.3 Å². The monoisotopic (exact) mass is 441 g/mol. The maximum atomic E-state index is 13.6. The van der Waals surface area contributed by atoms with E-state index in [1.54, 1.807) is 18.0 Å². The molecule has 160 valence electrons. The van der Waals surface area contributed by atoms with Crippen LogP contribution in [-0.4, -0.2) is 23.3 Å². The van der Waals surface area contributed by atoms with Gasteiger partial charge in [-0.3, -0.25) is 14.6 Å². The molecule has 3 aromatic rings. The zero-order valence-corrected chi connectivity index (χ0v) is 17.4. The maximum absolute atomic E-state index is 13.6. The first kappa shape index (κ1) is 22.4. The Bertz CT molecular complexity index is 1030. The minimum absolute atomic E-state index is 0.182. The molecule has 0 aliphatic rings. The third-order valence-electron chi connectivity index (χ3n) is 4.31. The Kier molecular flexibility index (Phi) is 8.12. The Morgan fingerprint density at radius 1 is 1.03 bits per heavy atom. The minimum atomic E-state index is -0.919. The summed E-state index contributed by atoms with van der Waals surface area (Å²) in [5, 5.41) is 5.33. The van der Waals surface area contributed by atoms with Gasteiger partial charge in [0.25, 0.3) is 5.91 Å². The molecule has 31 heavy (non-hydrogen) atoms. The molecule has 2 aromatic carbocycles. The van der Waals surface area contributed by atoms with Crippen LogP contribution in [0.2, 0.25) is 0 Å². The molecule has 2 N–H and O–H groups in total. The third kappa shape index (κ3) is 7.18. The molecule has 0 saturated carbocycles. The smallest absolute Gasteiger partial charge is 0.254 e. The van der Waals surface area contributed by atoms with E-state index in [9.17, 15) is 18.4 Å². The SMILES string of the molecule is O=C(CCCNC(=O)c1ccc(F)cc1F)Nc1ccc(SCc2cccnc2)cc1. The summed E-state index contributed by atoms with van der Waals surface area (Å²) in [4.78, 5) is 29.2. The molecule has 1 heterocycles. The van der Waals surface area contributed by atoms with Crippen molar-refractivity contribution in [1.82, 2.24) is 10.3 Å². The summed E-state index contributed by atoms with van der Waals surface area (Å²) in [5.74, 6) is -1.68. The van der Waals surface area contributed by atoms with Crippen molar-refractivity contribution in [3.05, 3.63) is 89.8 Å². The van der Waals surface area contributed by atoms with Gasteiger partial charge in [0.15, 0.2) is 0 Å². The number of nitrogens with one attached hydrogen (secondary N) is 2. The van der Waals surface area contributed by atoms with Crippen molar-refractivity contribution in [3.8, 4) is 0 Å². The molecule has 2 amide bonds. The number of halogens is 2. The molecular formula is C23H21F2N3O2S. The number of aromatic nitrogens is 1. The molecule has 0 aliphatic heterocycles. The average Bonchev–Trinajstić information content (AvgIpc) is 2.77. The number of anilines is 1. The lowest BCUT2D eigenvalue weighted by atomic mass is 10.2. The standard InChI is InChI=1S/C23H21F2N3O2S/c24-17-5-10-20(21(25)13-17)23(30)27-12-2-4-22(29)28-18-6-8-19(9-7-18)31-15-16-3-1-11-26-14-16/h1,3,5-11,13-14H,2,4,12,15H2,(H,27,30)(H,28,29). The van der Waals surface area contributed by atoms with Crippen LogP contribution in [0.1, 0.15) is 28.8 Å². The van der Waals surface area contributed by atoms with Gasteiger partial charge in [-0.05, 0) is 54.4 Å². The highest BCUT2D eigenvalue weighted by Crippen LogP contribution is 2.24. The quantitative estimate of drug-likeness (QED) is 0.370. The molecule has 0 aliphatic carbocycles. The Labute approximate surface area is 183 Å². The van der Waals surface area contributed by atoms with Crippen LogP contribution >= 0.6 is 11.8 Å². The van der Waals surface area contributed by atoms with Gasteiger partial charge in [-0.1, -0.05) is 6.07 Å². The molecule has 0 unspecified atom stereocenters. The van der Waals surface area contributed by atoms with E-state index in [2.05, 4.69) is 15.6 Å². The van der Waals surface area contributed by atoms with Gasteiger partial charge < -0.3 is 10.6 Å². The molecule has 0 atom stereocenters. The van der Waals surface area contributed by atoms with Crippen LogP contribution in [0.5, 0.6) is 0 Å². The third-order valence-corrected chi connectivity index (χ3v) is 5.39. The van der Waals surface area contributed by atoms with E-state index in [4.69, 9.17) is 0 Å². The van der Waals surface area contributed by atoms with E-state index in [0.717, 1.165) is 28.3 Å². The second-order valence-corrected chi connectivity index (χ2v) is 7.75. The topological polar surface area (TPSA) is 71.1 Å². The lowest BCUT2D eigenvalue weighted by Crippen LogP contribution is -2.26. The fraction of sp³-hybridized carbons (Fsp3) is 0.174. The van der Waals surface area contributed by atoms with Crippen LogP contribution in [0.3, 0.4) is 0 Å². The molecule has 0 radical (unpaired) electrons. The average molecular weight is 442 g/mol. The summed E-state index contributed by atoms with van der Waals surface area (Å²) >= 11 is 1.68. The number of rotatable bonds is 9. The number of nitrogens with zero attached hydrogens (tertiary/aromatic N) is 1. The van der Waals surface area contributed by atoms with Crippen molar-refractivity contribution in [3.63, 3.8) is 0 Å². The van der Waals surface area contributed by atoms with Gasteiger partial charge in [-0.25, -0.2) is 8.78 Å². The van der Waals surface area contributed by atoms with Crippen LogP contribution in [0.25, 0.3) is 0 Å². The Balaban J connectivity index is 1.37. The summed E-state index contributed by atoms with van der Waals surface area (Å²) in [6.45, 7) is 0.201. The first-order valence-electron chi connectivity index (χ1n) is 9.66. The Morgan fingerprint density at radius 3 is 2.55 bits per heavy atom. The lowest BCUT2D eigenvalue weighted by molar-refractivity contribution is -0.116. The van der Waals surface area contributed by atoms with E-state index in [1.165, 1.54) is 0 Å². The van der Waals surface area contributed by atoms with Crippen LogP contribution < -0.4 is 10.6 Å². The number of benzene rings is 2. The highest BCUT2D eigenvalue weighted by Gasteiger charge is 2.12. The van der Waals surface area contributed by atoms with Gasteiger partial charge in [0, 0.05) is 47.8 Å². The van der Waals surface area contributed by atoms with E-state index >= 15 is 0 Å². The number of carbonyl (C=O) groups excluding carboxylic acids is 2. The molecule has 0 bridgehead atoms. The van der Waals surface area contributed by atoms with Gasteiger partial charge in [-0.2, -0.15) is 0 Å². The van der Waals surface area contributed by atoms with Gasteiger partial charge in [-0.15, -0.1) is 11.8 Å². The number of hydrogen-bond donors (Lipinski definition) is 2. The first-order valence-corrected chi connectivity index (χ1v) is 10.6. The van der Waals surface area contributed by atoms with Crippen LogP contribution in [0.15, 0.2) is 71.9 Å². The van der Waals surface area contributed by atoms with Gasteiger partial charge >= 0.3 is 0 Å². The maximum Gasteiger partial charge on any atom is 0.254 e. The second kappa shape index (κ2) is 11.2. The number of hydrogen-bond acceptors (Lipinski definition) is 4. The largest absolute Gasteiger partial charge is 0.352 e. The van der Waals surface area contributed by atoms with Gasteiger partial charge in [0.05, 0.1) is 5.56 Å². The van der Waals surface area contributed by atoms with Crippen molar-refractivity contribution < 1.29 is 18.4 Å². The van der Waals surface area contributed by atoms with E-state index in [1.807, 2.05) is 42.6 Å². The van der Waals surface area contributed by atoms with Crippen molar-refractivity contribution in [2.24, 2.45) is 0 Å². The number of carbonyl (C=O) groups is 2. The summed E-state index contributed by atoms with van der Waals surface area (Å²) in [6, 6.07) is 14.2. The van der Waals surface area contributed by atoms with E-state index < -0.39 is 17.5 Å². The van der Waals surface area contributed by atoms with Gasteiger partial charge in [0.1, 0.15) is 11.6 Å². The summed E-state index contributed by atoms with van der Waals surface area (Å²) < 4.78 is 26.5. The highest BCUT2D eigenvalue weighted by molar-refractivity contribution is 7.98. The predicted molar refractivity (Wildman–Crippen MR) is 117 cm³/mol. The van der Waals surface area contributed by atoms with Crippen molar-refractivity contribution in [2.45, 2.75) is 23.5 Å². The molecule has 5 nitrogen and oxygen atoms in total. The van der Waals surface area contributed by atoms with Crippen LogP contribution in [0, 0.1) is 11.6 Å². The lowest BCUT2D eigenvalue weighted by Gasteiger charge is -2.08. The zero-order chi connectivity index (χ0) is 22.1. The molecule has 0 fully saturated rings. The van der Waals surface area contributed by atoms with Crippen molar-refractivity contribution in [2.75, 3.05) is 11.9 Å². The van der Waals surface area contributed by atoms with E-state index in [0.29, 0.717) is 18.2 Å². The fourth-order valence-corrected chi connectivity index (χ4v) is 3.56. The second-order valence-electron chi connectivity index (χ2n) is 6.71. The molecule has 3 rings (SSSR count). The summed E-state index contributed by atoms with van der Waals surface area (Å²) in [6.07, 6.45) is 4.16. The Hall–Kier alpha value is -3.26. The highest BCUT2D eigenvalue weighted by atomic mass is 32.2. The Morgan fingerprint density at radius 2 is 1.84 bits per heavy atom. The number of pyridine rings is 1. The summed E-state index contributed by atoms with van der Waals surface area (Å²) in [5.41, 5.74) is 1.60. The van der Waals surface area contributed by atoms with Crippen LogP contribution in [-0.2, 0) is 10.5 Å². The fourth-order valence-electron chi connectivity index (χ4n) is 2.73. The molecule has 0 spiro atoms. The predicted octanol–water partition coefficient (Wildman–Crippen LogP) is 4.80. The zero-order valence-electron chi connectivity index (χ0n) is 16.6. The minimum Gasteiger partial charge on any atom is -0.352 e. The van der Waals surface area contributed by atoms with Crippen molar-refractivity contribution in [1.29, 1.82) is 0 Å².